The Bertz CT molecular complexity index is 1430. The van der Waals surface area contributed by atoms with E-state index in [1.807, 2.05) is 32.9 Å². The summed E-state index contributed by atoms with van der Waals surface area (Å²) in [7, 11) is 0. The van der Waals surface area contributed by atoms with Gasteiger partial charge in [0.15, 0.2) is 18.4 Å². The van der Waals surface area contributed by atoms with Gasteiger partial charge in [0.1, 0.15) is 60.7 Å². The van der Waals surface area contributed by atoms with Crippen molar-refractivity contribution in [2.24, 2.45) is 11.3 Å². The van der Waals surface area contributed by atoms with Crippen molar-refractivity contribution in [2.45, 2.75) is 185 Å². The number of hydrogen-bond donors (Lipinski definition) is 10. The number of aliphatic hydroxyl groups excluding tert-OH is 8. The molecule has 58 heavy (non-hydrogen) atoms. The highest BCUT2D eigenvalue weighted by Crippen LogP contribution is 2.55. The van der Waals surface area contributed by atoms with Crippen molar-refractivity contribution in [2.75, 3.05) is 19.8 Å². The summed E-state index contributed by atoms with van der Waals surface area (Å²) in [5, 5.41) is 104. The lowest BCUT2D eigenvalue weighted by molar-refractivity contribution is -0.308. The second-order valence-corrected chi connectivity index (χ2v) is 17.4. The molecule has 0 spiro atoms. The van der Waals surface area contributed by atoms with Gasteiger partial charge in [-0.25, -0.2) is 0 Å². The van der Waals surface area contributed by atoms with Crippen molar-refractivity contribution < 1.29 is 79.6 Å². The summed E-state index contributed by atoms with van der Waals surface area (Å²) in [5.41, 5.74) is -0.313. The summed E-state index contributed by atoms with van der Waals surface area (Å²) in [6.45, 7) is 10.9. The Morgan fingerprint density at radius 3 is 2.00 bits per heavy atom. The van der Waals surface area contributed by atoms with E-state index < -0.39 is 97.3 Å². The van der Waals surface area contributed by atoms with E-state index in [0.29, 0.717) is 50.5 Å². The van der Waals surface area contributed by atoms with Gasteiger partial charge in [-0.15, -0.1) is 0 Å². The number of carbonyl (C=O) groups excluding carboxylic acids is 2. The molecule has 3 aliphatic rings. The van der Waals surface area contributed by atoms with E-state index in [9.17, 15) is 60.7 Å². The maximum Gasteiger partial charge on any atom is 0.187 e. The second kappa shape index (κ2) is 21.7. The van der Waals surface area contributed by atoms with Gasteiger partial charge in [-0.2, -0.15) is 0 Å². The number of aldehydes is 1. The van der Waals surface area contributed by atoms with Crippen LogP contribution in [-0.2, 0) is 28.5 Å². The molecule has 0 aromatic heterocycles. The molecule has 3 rings (SSSR count). The SMILES string of the molecule is C/C(C=O)=C1\CC[C@](C)(O)[C@](C)(CC/C=C(\C)[C@@H](C/C=C(\C)CCC(=O)C(C)(C)O)O[C@H]2O[C@@H](CO)[C@H](O)[C@@H](O)[C@@H]2O)[C@H]1CCCO[C@H]1O[C@@H](CO)[C@H](O)[C@@H](O)[C@@H]1O. The number of allylic oxidation sites excluding steroid dienone is 4. The second-order valence-electron chi connectivity index (χ2n) is 17.4. The minimum atomic E-state index is -1.64. The van der Waals surface area contributed by atoms with Crippen LogP contribution in [0.3, 0.4) is 0 Å². The minimum absolute atomic E-state index is 0.0691. The first-order valence-electron chi connectivity index (χ1n) is 20.4. The fraction of sp³-hybridized carbons (Fsp3) is 0.810. The van der Waals surface area contributed by atoms with E-state index in [-0.39, 0.29) is 31.1 Å². The third-order valence-electron chi connectivity index (χ3n) is 12.6. The highest BCUT2D eigenvalue weighted by atomic mass is 16.7. The van der Waals surface area contributed by atoms with Gasteiger partial charge in [-0.1, -0.05) is 30.2 Å². The number of hydrogen-bond acceptors (Lipinski definition) is 16. The van der Waals surface area contributed by atoms with Gasteiger partial charge < -0.3 is 70.0 Å². The van der Waals surface area contributed by atoms with Crippen LogP contribution in [0.2, 0.25) is 0 Å². The van der Waals surface area contributed by atoms with E-state index >= 15 is 0 Å². The van der Waals surface area contributed by atoms with Crippen LogP contribution >= 0.6 is 0 Å². The first-order valence-corrected chi connectivity index (χ1v) is 20.4. The molecule has 2 aliphatic heterocycles. The van der Waals surface area contributed by atoms with Crippen molar-refractivity contribution in [3.63, 3.8) is 0 Å². The normalized spacial score (nSPS) is 38.1. The van der Waals surface area contributed by atoms with E-state index in [2.05, 4.69) is 0 Å². The highest BCUT2D eigenvalue weighted by molar-refractivity contribution is 5.86. The molecule has 2 heterocycles. The first-order chi connectivity index (χ1) is 27.0. The molecule has 16 heteroatoms. The Labute approximate surface area is 341 Å². The summed E-state index contributed by atoms with van der Waals surface area (Å²) < 4.78 is 23.1. The Morgan fingerprint density at radius 1 is 0.879 bits per heavy atom. The van der Waals surface area contributed by atoms with E-state index in [0.717, 1.165) is 23.0 Å². The summed E-state index contributed by atoms with van der Waals surface area (Å²) >= 11 is 0. The zero-order valence-electron chi connectivity index (χ0n) is 35.1. The fourth-order valence-corrected chi connectivity index (χ4v) is 8.22. The number of carbonyl (C=O) groups is 2. The summed E-state index contributed by atoms with van der Waals surface area (Å²) in [4.78, 5) is 24.4. The molecule has 0 amide bonds. The van der Waals surface area contributed by atoms with Crippen LogP contribution in [0.25, 0.3) is 0 Å². The van der Waals surface area contributed by atoms with E-state index in [1.54, 1.807) is 13.8 Å². The molecule has 334 valence electrons. The third-order valence-corrected chi connectivity index (χ3v) is 12.6. The lowest BCUT2D eigenvalue weighted by Gasteiger charge is -2.53. The Morgan fingerprint density at radius 2 is 1.45 bits per heavy atom. The average molecular weight is 831 g/mol. The Hall–Kier alpha value is -2.00. The lowest BCUT2D eigenvalue weighted by Crippen LogP contribution is -2.59. The smallest absolute Gasteiger partial charge is 0.187 e. The number of aliphatic hydroxyl groups is 10. The van der Waals surface area contributed by atoms with Gasteiger partial charge >= 0.3 is 0 Å². The van der Waals surface area contributed by atoms with Gasteiger partial charge in [0, 0.05) is 18.4 Å². The van der Waals surface area contributed by atoms with Crippen LogP contribution in [0, 0.1) is 11.3 Å². The van der Waals surface area contributed by atoms with Crippen LogP contribution in [0.1, 0.15) is 106 Å². The number of ketones is 1. The van der Waals surface area contributed by atoms with Crippen molar-refractivity contribution in [3.8, 4) is 0 Å². The van der Waals surface area contributed by atoms with Crippen molar-refractivity contribution in [1.82, 2.24) is 0 Å². The van der Waals surface area contributed by atoms with Gasteiger partial charge in [-0.3, -0.25) is 9.59 Å². The monoisotopic (exact) mass is 830 g/mol. The molecule has 0 bridgehead atoms. The van der Waals surface area contributed by atoms with Crippen molar-refractivity contribution in [1.29, 1.82) is 0 Å². The topological polar surface area (TPSA) is 273 Å². The van der Waals surface area contributed by atoms with Crippen LogP contribution in [0.15, 0.2) is 34.4 Å². The van der Waals surface area contributed by atoms with Gasteiger partial charge in [0.25, 0.3) is 0 Å². The van der Waals surface area contributed by atoms with Crippen molar-refractivity contribution in [3.05, 3.63) is 34.4 Å². The fourth-order valence-electron chi connectivity index (χ4n) is 8.22. The molecule has 10 N–H and O–H groups in total. The predicted octanol–water partition coefficient (Wildman–Crippen LogP) is 0.634. The zero-order chi connectivity index (χ0) is 43.7. The number of Topliss-reactive ketones (excluding diaryl/α,β-unsaturated/α-hetero) is 1. The minimum Gasteiger partial charge on any atom is -0.394 e. The number of ether oxygens (including phenoxy) is 4. The van der Waals surface area contributed by atoms with Gasteiger partial charge in [0.2, 0.25) is 0 Å². The van der Waals surface area contributed by atoms with Crippen LogP contribution in [0.5, 0.6) is 0 Å². The van der Waals surface area contributed by atoms with Gasteiger partial charge in [-0.05, 0) is 110 Å². The molecular formula is C42H70O16. The first kappa shape index (κ1) is 50.4. The largest absolute Gasteiger partial charge is 0.394 e. The molecule has 3 fully saturated rings. The van der Waals surface area contributed by atoms with E-state index in [1.165, 1.54) is 13.8 Å². The molecular weight excluding hydrogens is 760 g/mol. The molecule has 16 nitrogen and oxygen atoms in total. The van der Waals surface area contributed by atoms with E-state index in [4.69, 9.17) is 18.9 Å². The highest BCUT2D eigenvalue weighted by Gasteiger charge is 2.52. The standard InChI is InChI=1S/C42H70O16/c1-23(13-15-31(46)40(4,5)53)12-14-28(56-39-37(52)35(50)33(48)30(22-45)58-39)24(2)10-8-17-41(6)27(26(25(3)20-43)16-18-42(41,7)54)11-9-19-55-38-36(51)34(49)32(47)29(21-44)57-38/h10,12,20,27-30,32-39,44-45,47-54H,8-9,11,13-19,21-22H2,1-7H3/b23-12+,24-10+,26-25-/t27-,28+,29-,30-,32-,33-,34+,35+,36-,37-,38-,39-,41+,42-/m0/s1. The van der Waals surface area contributed by atoms with Gasteiger partial charge in [0.05, 0.1) is 24.9 Å². The molecule has 0 aromatic rings. The Balaban J connectivity index is 1.84. The summed E-state index contributed by atoms with van der Waals surface area (Å²) in [6.07, 6.45) is -7.07. The molecule has 14 atom stereocenters. The van der Waals surface area contributed by atoms with Crippen LogP contribution < -0.4 is 0 Å². The molecule has 0 aromatic carbocycles. The molecule has 0 radical (unpaired) electrons. The molecule has 1 saturated carbocycles. The molecule has 1 aliphatic carbocycles. The summed E-state index contributed by atoms with van der Waals surface area (Å²) in [6, 6.07) is 0. The quantitative estimate of drug-likeness (QED) is 0.0349. The lowest BCUT2D eigenvalue weighted by atomic mass is 9.54. The predicted molar refractivity (Wildman–Crippen MR) is 210 cm³/mol. The third kappa shape index (κ3) is 12.3. The zero-order valence-corrected chi connectivity index (χ0v) is 35.1. The van der Waals surface area contributed by atoms with Crippen LogP contribution in [-0.4, -0.2) is 162 Å². The number of rotatable bonds is 20. The maximum absolute atomic E-state index is 12.3. The Kier molecular flexibility index (Phi) is 18.8. The average Bonchev–Trinajstić information content (AvgIpc) is 3.17. The maximum atomic E-state index is 12.3. The van der Waals surface area contributed by atoms with Crippen molar-refractivity contribution >= 4 is 12.1 Å². The van der Waals surface area contributed by atoms with Crippen LogP contribution in [0.4, 0.5) is 0 Å². The molecule has 0 unspecified atom stereocenters. The molecule has 2 saturated heterocycles. The summed E-state index contributed by atoms with van der Waals surface area (Å²) in [5.74, 6) is -0.578.